The van der Waals surface area contributed by atoms with E-state index >= 15 is 0 Å². The first-order chi connectivity index (χ1) is 19.9. The first kappa shape index (κ1) is 31.7. The Balaban J connectivity index is 1.74. The Morgan fingerprint density at radius 3 is 2.50 bits per heavy atom. The summed E-state index contributed by atoms with van der Waals surface area (Å²) in [6, 6.07) is 7.47. The molecule has 0 aromatic carbocycles. The number of alkyl carbamates (subject to hydrolysis) is 1. The average Bonchev–Trinajstić information content (AvgIpc) is 3.58. The van der Waals surface area contributed by atoms with E-state index in [-0.39, 0.29) is 23.0 Å². The summed E-state index contributed by atoms with van der Waals surface area (Å²) in [6.45, 7) is 9.64. The van der Waals surface area contributed by atoms with E-state index < -0.39 is 29.6 Å². The Morgan fingerprint density at radius 2 is 1.88 bits per heavy atom. The number of rotatable bonds is 12. The summed E-state index contributed by atoms with van der Waals surface area (Å²) in [6.07, 6.45) is 4.85. The zero-order valence-electron chi connectivity index (χ0n) is 24.6. The number of allylic oxidation sites excluding steroid dienone is 1. The van der Waals surface area contributed by atoms with Crippen LogP contribution in [-0.4, -0.2) is 64.2 Å². The lowest BCUT2D eigenvalue weighted by Gasteiger charge is -2.24. The lowest BCUT2D eigenvalue weighted by atomic mass is 10.0. The van der Waals surface area contributed by atoms with E-state index in [0.29, 0.717) is 30.2 Å². The predicted molar refractivity (Wildman–Crippen MR) is 157 cm³/mol. The van der Waals surface area contributed by atoms with E-state index in [2.05, 4.69) is 26.0 Å². The molecule has 13 nitrogen and oxygen atoms in total. The zero-order valence-corrected chi connectivity index (χ0v) is 24.6. The zero-order chi connectivity index (χ0) is 30.9. The standard InChI is InChI=1S/C29H37N7O6/c1-18(2)24(34-28(39)42-29(3,4)5)27(38)32-16-19(15-30)22-10-11-23(41-22)26(37)33-21-17-36(13-14-40-6)35-25(21)20-9-7-8-12-31-20/h7-12,15-18,24,30H,13-14H2,1-6H3,(H,32,38)(H,33,37)(H,34,39)/b19-16+,30-15?/t24-/m0/s1. The van der Waals surface area contributed by atoms with Crippen LogP contribution in [-0.2, 0) is 20.8 Å². The molecule has 0 saturated carbocycles. The highest BCUT2D eigenvalue weighted by Crippen LogP contribution is 2.26. The van der Waals surface area contributed by atoms with Crippen molar-refractivity contribution in [3.8, 4) is 11.4 Å². The molecular formula is C29H37N7O6. The van der Waals surface area contributed by atoms with Gasteiger partial charge in [-0.2, -0.15) is 5.10 Å². The number of carbonyl (C=O) groups is 3. The number of aromatic nitrogens is 3. The molecule has 0 bridgehead atoms. The Hall–Kier alpha value is -4.78. The summed E-state index contributed by atoms with van der Waals surface area (Å²) in [5.41, 5.74) is 0.969. The quantitative estimate of drug-likeness (QED) is 0.232. The molecule has 42 heavy (non-hydrogen) atoms. The van der Waals surface area contributed by atoms with Crippen molar-refractivity contribution < 1.29 is 28.3 Å². The van der Waals surface area contributed by atoms with Crippen molar-refractivity contribution in [1.29, 1.82) is 5.41 Å². The SMILES string of the molecule is COCCn1cc(NC(=O)c2ccc(/C(C=N)=C/NC(=O)[C@@H](NC(=O)OC(C)(C)C)C(C)C)o2)c(-c2ccccn2)n1. The Bertz CT molecular complexity index is 1420. The van der Waals surface area contributed by atoms with Gasteiger partial charge in [0.05, 0.1) is 30.1 Å². The van der Waals surface area contributed by atoms with Crippen molar-refractivity contribution in [2.75, 3.05) is 19.0 Å². The molecular weight excluding hydrogens is 542 g/mol. The van der Waals surface area contributed by atoms with E-state index in [4.69, 9.17) is 19.3 Å². The molecule has 0 aliphatic rings. The first-order valence-electron chi connectivity index (χ1n) is 13.3. The van der Waals surface area contributed by atoms with Crippen LogP contribution in [0, 0.1) is 11.3 Å². The average molecular weight is 580 g/mol. The van der Waals surface area contributed by atoms with Crippen LogP contribution < -0.4 is 16.0 Å². The molecule has 1 atom stereocenters. The summed E-state index contributed by atoms with van der Waals surface area (Å²) < 4.78 is 17.7. The maximum absolute atomic E-state index is 13.1. The number of pyridine rings is 1. The van der Waals surface area contributed by atoms with Crippen molar-refractivity contribution >= 4 is 35.4 Å². The number of nitrogens with one attached hydrogen (secondary N) is 4. The van der Waals surface area contributed by atoms with Gasteiger partial charge in [-0.25, -0.2) is 4.79 Å². The van der Waals surface area contributed by atoms with E-state index in [1.165, 1.54) is 18.3 Å². The fraction of sp³-hybridized carbons (Fsp3) is 0.379. The number of ether oxygens (including phenoxy) is 2. The number of methoxy groups -OCH3 is 1. The van der Waals surface area contributed by atoms with Crippen LogP contribution in [0.15, 0.2) is 53.3 Å². The molecule has 3 heterocycles. The summed E-state index contributed by atoms with van der Waals surface area (Å²) in [5.74, 6) is -1.14. The third-order valence-electron chi connectivity index (χ3n) is 5.70. The second kappa shape index (κ2) is 14.2. The van der Waals surface area contributed by atoms with Gasteiger partial charge in [0.2, 0.25) is 5.91 Å². The molecule has 13 heteroatoms. The second-order valence-corrected chi connectivity index (χ2v) is 10.6. The predicted octanol–water partition coefficient (Wildman–Crippen LogP) is 4.09. The molecule has 0 spiro atoms. The van der Waals surface area contributed by atoms with Crippen molar-refractivity contribution in [2.45, 2.75) is 52.8 Å². The van der Waals surface area contributed by atoms with Gasteiger partial charge in [-0.3, -0.25) is 19.3 Å². The van der Waals surface area contributed by atoms with Crippen molar-refractivity contribution in [3.05, 3.63) is 60.4 Å². The van der Waals surface area contributed by atoms with Crippen LogP contribution in [0.25, 0.3) is 17.0 Å². The number of nitrogens with zero attached hydrogens (tertiary/aromatic N) is 3. The van der Waals surface area contributed by atoms with Gasteiger partial charge in [0.1, 0.15) is 23.1 Å². The lowest BCUT2D eigenvalue weighted by molar-refractivity contribution is -0.123. The Labute approximate surface area is 244 Å². The van der Waals surface area contributed by atoms with Crippen LogP contribution >= 0.6 is 0 Å². The van der Waals surface area contributed by atoms with Crippen LogP contribution in [0.5, 0.6) is 0 Å². The summed E-state index contributed by atoms with van der Waals surface area (Å²) in [4.78, 5) is 42.5. The molecule has 0 saturated heterocycles. The number of hydrogen-bond acceptors (Lipinski definition) is 9. The van der Waals surface area contributed by atoms with Crippen LogP contribution in [0.2, 0.25) is 0 Å². The first-order valence-corrected chi connectivity index (χ1v) is 13.3. The summed E-state index contributed by atoms with van der Waals surface area (Å²) in [5, 5.41) is 20.3. The molecule has 0 aliphatic heterocycles. The molecule has 224 valence electrons. The second-order valence-electron chi connectivity index (χ2n) is 10.6. The molecule has 4 N–H and O–H groups in total. The van der Waals surface area contributed by atoms with Crippen LogP contribution in [0.3, 0.4) is 0 Å². The summed E-state index contributed by atoms with van der Waals surface area (Å²) >= 11 is 0. The number of furan rings is 1. The topological polar surface area (TPSA) is 173 Å². The van der Waals surface area contributed by atoms with Gasteiger partial charge in [-0.05, 0) is 51.0 Å². The smallest absolute Gasteiger partial charge is 0.408 e. The van der Waals surface area contributed by atoms with Crippen LogP contribution in [0.4, 0.5) is 10.5 Å². The normalized spacial score (nSPS) is 12.5. The van der Waals surface area contributed by atoms with Gasteiger partial charge in [0.15, 0.2) is 5.76 Å². The van der Waals surface area contributed by atoms with Gasteiger partial charge < -0.3 is 35.3 Å². The van der Waals surface area contributed by atoms with Crippen molar-refractivity contribution in [1.82, 2.24) is 25.4 Å². The number of carbonyl (C=O) groups excluding carboxylic acids is 3. The molecule has 0 fully saturated rings. The fourth-order valence-electron chi connectivity index (χ4n) is 3.70. The van der Waals surface area contributed by atoms with Crippen molar-refractivity contribution in [2.24, 2.45) is 5.92 Å². The minimum Gasteiger partial charge on any atom is -0.451 e. The van der Waals surface area contributed by atoms with Gasteiger partial charge in [-0.1, -0.05) is 19.9 Å². The molecule has 0 unspecified atom stereocenters. The number of anilines is 1. The van der Waals surface area contributed by atoms with Gasteiger partial charge in [0.25, 0.3) is 5.91 Å². The maximum atomic E-state index is 13.1. The highest BCUT2D eigenvalue weighted by atomic mass is 16.6. The number of amides is 3. The summed E-state index contributed by atoms with van der Waals surface area (Å²) in [7, 11) is 1.59. The highest BCUT2D eigenvalue weighted by molar-refractivity contribution is 6.09. The highest BCUT2D eigenvalue weighted by Gasteiger charge is 2.27. The molecule has 0 aliphatic carbocycles. The van der Waals surface area contributed by atoms with E-state index in [9.17, 15) is 14.4 Å². The third kappa shape index (κ3) is 8.86. The lowest BCUT2D eigenvalue weighted by Crippen LogP contribution is -2.49. The largest absolute Gasteiger partial charge is 0.451 e. The van der Waals surface area contributed by atoms with Crippen molar-refractivity contribution in [3.63, 3.8) is 0 Å². The fourth-order valence-corrected chi connectivity index (χ4v) is 3.70. The minimum absolute atomic E-state index is 0.0210. The molecule has 3 amide bonds. The monoisotopic (exact) mass is 579 g/mol. The van der Waals surface area contributed by atoms with Crippen LogP contribution in [0.1, 0.15) is 50.9 Å². The number of hydrogen-bond donors (Lipinski definition) is 4. The minimum atomic E-state index is -0.890. The maximum Gasteiger partial charge on any atom is 0.408 e. The van der Waals surface area contributed by atoms with Gasteiger partial charge in [-0.15, -0.1) is 0 Å². The van der Waals surface area contributed by atoms with Gasteiger partial charge in [0, 0.05) is 31.9 Å². The molecule has 3 aromatic heterocycles. The van der Waals surface area contributed by atoms with Gasteiger partial charge >= 0.3 is 6.09 Å². The third-order valence-corrected chi connectivity index (χ3v) is 5.70. The molecule has 0 radical (unpaired) electrons. The molecule has 3 rings (SSSR count). The Morgan fingerprint density at radius 1 is 1.14 bits per heavy atom. The van der Waals surface area contributed by atoms with E-state index in [1.54, 1.807) is 70.9 Å². The van der Waals surface area contributed by atoms with E-state index in [1.807, 2.05) is 6.07 Å². The van der Waals surface area contributed by atoms with E-state index in [0.717, 1.165) is 6.21 Å². The Kier molecular flexibility index (Phi) is 10.7. The molecule has 3 aromatic rings.